The second-order valence-corrected chi connectivity index (χ2v) is 6.09. The number of nitrogens with one attached hydrogen (secondary N) is 1. The molecule has 0 aliphatic carbocycles. The van der Waals surface area contributed by atoms with Gasteiger partial charge >= 0.3 is 0 Å². The van der Waals surface area contributed by atoms with E-state index in [9.17, 15) is 0 Å². The van der Waals surface area contributed by atoms with Gasteiger partial charge in [-0.2, -0.15) is 0 Å². The predicted octanol–water partition coefficient (Wildman–Crippen LogP) is 4.28. The molecule has 0 atom stereocenters. The van der Waals surface area contributed by atoms with Crippen LogP contribution in [0.4, 0.5) is 5.69 Å². The van der Waals surface area contributed by atoms with E-state index in [1.165, 1.54) is 0 Å². The molecular weight excluding hydrogens is 366 g/mol. The fourth-order valence-corrected chi connectivity index (χ4v) is 2.84. The first kappa shape index (κ1) is 18.8. The molecule has 8 heteroatoms. The quantitative estimate of drug-likeness (QED) is 0.607. The number of para-hydroxylation sites is 1. The van der Waals surface area contributed by atoms with E-state index in [4.69, 9.17) is 30.8 Å². The lowest BCUT2D eigenvalue weighted by Gasteiger charge is -2.12. The summed E-state index contributed by atoms with van der Waals surface area (Å²) in [6.07, 6.45) is 0. The van der Waals surface area contributed by atoms with Crippen molar-refractivity contribution in [1.82, 2.24) is 9.78 Å². The molecule has 3 aromatic rings. The fraction of sp³-hybridized carbons (Fsp3) is 0.263. The van der Waals surface area contributed by atoms with Crippen LogP contribution >= 0.6 is 12.2 Å². The number of methoxy groups -OCH3 is 3. The fourth-order valence-electron chi connectivity index (χ4n) is 2.66. The van der Waals surface area contributed by atoms with Crippen molar-refractivity contribution in [3.05, 3.63) is 46.8 Å². The molecular formula is C19H21N3O4S. The average molecular weight is 387 g/mol. The Labute approximate surface area is 162 Å². The Morgan fingerprint density at radius 3 is 2.33 bits per heavy atom. The van der Waals surface area contributed by atoms with Crippen molar-refractivity contribution >= 4 is 17.9 Å². The van der Waals surface area contributed by atoms with Crippen molar-refractivity contribution in [2.75, 3.05) is 26.6 Å². The highest BCUT2D eigenvalue weighted by atomic mass is 32.1. The predicted molar refractivity (Wildman–Crippen MR) is 105 cm³/mol. The molecule has 1 aromatic heterocycles. The molecule has 0 unspecified atom stereocenters. The van der Waals surface area contributed by atoms with Crippen LogP contribution in [-0.2, 0) is 6.67 Å². The van der Waals surface area contributed by atoms with E-state index in [2.05, 4.69) is 10.4 Å². The van der Waals surface area contributed by atoms with E-state index in [0.29, 0.717) is 35.4 Å². The molecule has 2 aromatic carbocycles. The van der Waals surface area contributed by atoms with Gasteiger partial charge in [0, 0.05) is 11.3 Å². The van der Waals surface area contributed by atoms with Crippen LogP contribution in [-0.4, -0.2) is 31.1 Å². The van der Waals surface area contributed by atoms with Crippen molar-refractivity contribution in [2.24, 2.45) is 0 Å². The lowest BCUT2D eigenvalue weighted by molar-refractivity contribution is 0.324. The van der Waals surface area contributed by atoms with Crippen LogP contribution in [0.1, 0.15) is 5.56 Å². The number of anilines is 1. The first-order valence-corrected chi connectivity index (χ1v) is 8.66. The van der Waals surface area contributed by atoms with Crippen LogP contribution < -0.4 is 19.5 Å². The lowest BCUT2D eigenvalue weighted by atomic mass is 10.2. The lowest BCUT2D eigenvalue weighted by Crippen LogP contribution is -2.10. The summed E-state index contributed by atoms with van der Waals surface area (Å²) in [7, 11) is 4.67. The molecule has 3 rings (SSSR count). The summed E-state index contributed by atoms with van der Waals surface area (Å²) < 4.78 is 23.3. The van der Waals surface area contributed by atoms with Crippen molar-refractivity contribution in [2.45, 2.75) is 13.6 Å². The average Bonchev–Trinajstić information content (AvgIpc) is 3.06. The largest absolute Gasteiger partial charge is 0.493 e. The van der Waals surface area contributed by atoms with Crippen molar-refractivity contribution in [3.63, 3.8) is 0 Å². The van der Waals surface area contributed by atoms with Gasteiger partial charge in [-0.25, -0.2) is 4.68 Å². The summed E-state index contributed by atoms with van der Waals surface area (Å²) in [6.45, 7) is 2.42. The minimum atomic E-state index is 0.264. The van der Waals surface area contributed by atoms with Crippen LogP contribution in [0.15, 0.2) is 40.8 Å². The summed E-state index contributed by atoms with van der Waals surface area (Å²) in [5.41, 5.74) is 2.82. The highest BCUT2D eigenvalue weighted by molar-refractivity contribution is 7.71. The molecule has 142 valence electrons. The molecule has 0 fully saturated rings. The van der Waals surface area contributed by atoms with Gasteiger partial charge in [-0.15, -0.1) is 5.10 Å². The van der Waals surface area contributed by atoms with Gasteiger partial charge < -0.3 is 23.9 Å². The molecule has 0 aliphatic rings. The van der Waals surface area contributed by atoms with Crippen LogP contribution in [0.3, 0.4) is 0 Å². The number of rotatable bonds is 7. The van der Waals surface area contributed by atoms with Gasteiger partial charge in [0.25, 0.3) is 4.84 Å². The van der Waals surface area contributed by atoms with Crippen LogP contribution in [0.25, 0.3) is 11.5 Å². The third kappa shape index (κ3) is 3.90. The molecule has 7 nitrogen and oxygen atoms in total. The second kappa shape index (κ2) is 8.13. The Morgan fingerprint density at radius 1 is 1.07 bits per heavy atom. The van der Waals surface area contributed by atoms with Crippen molar-refractivity contribution in [1.29, 1.82) is 0 Å². The van der Waals surface area contributed by atoms with Gasteiger partial charge in [0.15, 0.2) is 11.5 Å². The van der Waals surface area contributed by atoms with Gasteiger partial charge in [-0.1, -0.05) is 18.2 Å². The molecule has 0 radical (unpaired) electrons. The third-order valence-electron chi connectivity index (χ3n) is 4.08. The number of nitrogens with zero attached hydrogens (tertiary/aromatic N) is 2. The van der Waals surface area contributed by atoms with Gasteiger partial charge in [-0.3, -0.25) is 0 Å². The maximum Gasteiger partial charge on any atom is 0.289 e. The van der Waals surface area contributed by atoms with Gasteiger partial charge in [0.2, 0.25) is 11.6 Å². The second-order valence-electron chi connectivity index (χ2n) is 5.74. The third-order valence-corrected chi connectivity index (χ3v) is 4.38. The maximum atomic E-state index is 5.67. The highest BCUT2D eigenvalue weighted by Crippen LogP contribution is 2.40. The number of ether oxygens (including phenoxy) is 3. The summed E-state index contributed by atoms with van der Waals surface area (Å²) in [5, 5.41) is 7.77. The topological polar surface area (TPSA) is 70.7 Å². The zero-order chi connectivity index (χ0) is 19.4. The van der Waals surface area contributed by atoms with E-state index in [1.807, 2.05) is 31.2 Å². The Morgan fingerprint density at radius 2 is 1.74 bits per heavy atom. The summed E-state index contributed by atoms with van der Waals surface area (Å²) in [6, 6.07) is 11.5. The molecule has 0 spiro atoms. The molecule has 0 saturated carbocycles. The highest BCUT2D eigenvalue weighted by Gasteiger charge is 2.17. The Kier molecular flexibility index (Phi) is 5.66. The summed E-state index contributed by atoms with van der Waals surface area (Å²) in [4.78, 5) is 0.264. The van der Waals surface area contributed by atoms with E-state index in [-0.39, 0.29) is 4.84 Å². The molecule has 1 N–H and O–H groups in total. The van der Waals surface area contributed by atoms with Crippen LogP contribution in [0, 0.1) is 11.8 Å². The molecule has 0 amide bonds. The smallest absolute Gasteiger partial charge is 0.289 e. The maximum absolute atomic E-state index is 5.67. The van der Waals surface area contributed by atoms with E-state index in [0.717, 1.165) is 11.3 Å². The number of hydrogen-bond donors (Lipinski definition) is 1. The zero-order valence-corrected chi connectivity index (χ0v) is 16.4. The number of aromatic nitrogens is 2. The van der Waals surface area contributed by atoms with Gasteiger partial charge in [0.1, 0.15) is 6.67 Å². The van der Waals surface area contributed by atoms with Crippen molar-refractivity contribution < 1.29 is 18.6 Å². The van der Waals surface area contributed by atoms with Crippen molar-refractivity contribution in [3.8, 4) is 28.7 Å². The Hall–Kier alpha value is -3.00. The number of aryl methyl sites for hydroxylation is 1. The van der Waals surface area contributed by atoms with E-state index in [1.54, 1.807) is 38.1 Å². The minimum absolute atomic E-state index is 0.264. The minimum Gasteiger partial charge on any atom is -0.493 e. The standard InChI is InChI=1S/C19H21N3O4S/c1-12-7-5-6-8-14(12)20-11-22-19(27)26-18(21-22)13-9-15(23-2)17(25-4)16(10-13)24-3/h5-10,20H,11H2,1-4H3. The number of hydrogen-bond acceptors (Lipinski definition) is 7. The SMILES string of the molecule is COc1cc(-c2nn(CNc3ccccc3C)c(=S)o2)cc(OC)c1OC. The van der Waals surface area contributed by atoms with Gasteiger partial charge in [-0.05, 0) is 42.9 Å². The molecule has 0 aliphatic heterocycles. The summed E-state index contributed by atoms with van der Waals surface area (Å²) in [5.74, 6) is 1.90. The van der Waals surface area contributed by atoms with E-state index >= 15 is 0 Å². The first-order valence-electron chi connectivity index (χ1n) is 8.25. The van der Waals surface area contributed by atoms with Crippen LogP contribution in [0.2, 0.25) is 0 Å². The summed E-state index contributed by atoms with van der Waals surface area (Å²) >= 11 is 5.30. The molecule has 0 bridgehead atoms. The number of benzene rings is 2. The zero-order valence-electron chi connectivity index (χ0n) is 15.6. The first-order chi connectivity index (χ1) is 13.1. The molecule has 27 heavy (non-hydrogen) atoms. The Bertz CT molecular complexity index is 972. The van der Waals surface area contributed by atoms with Crippen LogP contribution in [0.5, 0.6) is 17.2 Å². The normalized spacial score (nSPS) is 10.5. The monoisotopic (exact) mass is 387 g/mol. The molecule has 1 heterocycles. The Balaban J connectivity index is 1.90. The van der Waals surface area contributed by atoms with Gasteiger partial charge in [0.05, 0.1) is 21.3 Å². The van der Waals surface area contributed by atoms with E-state index < -0.39 is 0 Å². The molecule has 0 saturated heterocycles.